The van der Waals surface area contributed by atoms with Gasteiger partial charge in [-0.05, 0) is 12.8 Å². The first kappa shape index (κ1) is 14.0. The largest absolute Gasteiger partial charge is 0.355 e. The molecule has 0 heterocycles. The Morgan fingerprint density at radius 3 is 2.53 bits per heavy atom. The van der Waals surface area contributed by atoms with Crippen molar-refractivity contribution in [1.29, 1.82) is 5.26 Å². The Bertz CT molecular complexity index is 208. The van der Waals surface area contributed by atoms with E-state index < -0.39 is 5.92 Å². The summed E-state index contributed by atoms with van der Waals surface area (Å²) in [6.07, 6.45) is 6.13. The van der Waals surface area contributed by atoms with Gasteiger partial charge < -0.3 is 5.32 Å². The quantitative estimate of drug-likeness (QED) is 0.626. The van der Waals surface area contributed by atoms with Crippen molar-refractivity contribution in [3.63, 3.8) is 0 Å². The summed E-state index contributed by atoms with van der Waals surface area (Å²) in [6, 6.07) is 2.04. The highest BCUT2D eigenvalue weighted by Crippen LogP contribution is 2.05. The molecule has 0 saturated carbocycles. The van der Waals surface area contributed by atoms with Crippen LogP contribution in [-0.2, 0) is 4.79 Å². The minimum Gasteiger partial charge on any atom is -0.355 e. The van der Waals surface area contributed by atoms with Gasteiger partial charge in [-0.25, -0.2) is 0 Å². The van der Waals surface area contributed by atoms with Crippen LogP contribution in [-0.4, -0.2) is 12.5 Å². The van der Waals surface area contributed by atoms with Crippen LogP contribution in [0.25, 0.3) is 0 Å². The second kappa shape index (κ2) is 9.51. The Kier molecular flexibility index (Phi) is 8.85. The summed E-state index contributed by atoms with van der Waals surface area (Å²) >= 11 is 0. The number of rotatable bonds is 8. The van der Waals surface area contributed by atoms with Gasteiger partial charge in [0.25, 0.3) is 0 Å². The second-order valence-corrected chi connectivity index (χ2v) is 3.82. The van der Waals surface area contributed by atoms with Crippen molar-refractivity contribution in [2.24, 2.45) is 5.92 Å². The fourth-order valence-corrected chi connectivity index (χ4v) is 1.43. The van der Waals surface area contributed by atoms with Gasteiger partial charge in [0.1, 0.15) is 5.92 Å². The molecule has 0 rings (SSSR count). The Balaban J connectivity index is 3.59. The third kappa shape index (κ3) is 6.96. The Morgan fingerprint density at radius 1 is 1.27 bits per heavy atom. The molecule has 15 heavy (non-hydrogen) atoms. The summed E-state index contributed by atoms with van der Waals surface area (Å²) in [6.45, 7) is 4.85. The van der Waals surface area contributed by atoms with E-state index in [2.05, 4.69) is 12.2 Å². The number of carbonyl (C=O) groups is 1. The average Bonchev–Trinajstić information content (AvgIpc) is 2.25. The van der Waals surface area contributed by atoms with Crippen molar-refractivity contribution in [2.45, 2.75) is 52.4 Å². The molecule has 0 saturated heterocycles. The molecule has 0 bridgehead atoms. The lowest BCUT2D eigenvalue weighted by molar-refractivity contribution is -0.123. The molecule has 1 atom stereocenters. The maximum absolute atomic E-state index is 11.5. The molecule has 0 aliphatic heterocycles. The van der Waals surface area contributed by atoms with E-state index in [0.29, 0.717) is 13.0 Å². The van der Waals surface area contributed by atoms with E-state index in [1.165, 1.54) is 12.8 Å². The molecule has 3 nitrogen and oxygen atoms in total. The zero-order valence-electron chi connectivity index (χ0n) is 9.88. The predicted molar refractivity (Wildman–Crippen MR) is 61.2 cm³/mol. The number of unbranched alkanes of at least 4 members (excludes halogenated alkanes) is 3. The van der Waals surface area contributed by atoms with Crippen molar-refractivity contribution in [3.05, 3.63) is 0 Å². The molecule has 0 spiro atoms. The summed E-state index contributed by atoms with van der Waals surface area (Å²) in [5, 5.41) is 11.6. The summed E-state index contributed by atoms with van der Waals surface area (Å²) in [5.74, 6) is -0.558. The molecular weight excluding hydrogens is 188 g/mol. The lowest BCUT2D eigenvalue weighted by atomic mass is 10.0. The van der Waals surface area contributed by atoms with Gasteiger partial charge in [0.15, 0.2) is 0 Å². The molecule has 0 fully saturated rings. The van der Waals surface area contributed by atoms with Crippen LogP contribution in [0.1, 0.15) is 52.4 Å². The van der Waals surface area contributed by atoms with Gasteiger partial charge in [0, 0.05) is 6.54 Å². The van der Waals surface area contributed by atoms with E-state index in [9.17, 15) is 4.79 Å². The monoisotopic (exact) mass is 210 g/mol. The number of nitrogens with one attached hydrogen (secondary N) is 1. The van der Waals surface area contributed by atoms with Gasteiger partial charge in [-0.15, -0.1) is 0 Å². The van der Waals surface area contributed by atoms with E-state index in [0.717, 1.165) is 19.3 Å². The molecule has 1 N–H and O–H groups in total. The lowest BCUT2D eigenvalue weighted by Crippen LogP contribution is -2.30. The van der Waals surface area contributed by atoms with Gasteiger partial charge in [-0.2, -0.15) is 5.26 Å². The molecule has 86 valence electrons. The van der Waals surface area contributed by atoms with E-state index in [1.54, 1.807) is 0 Å². The molecule has 0 aliphatic carbocycles. The van der Waals surface area contributed by atoms with Crippen molar-refractivity contribution < 1.29 is 4.79 Å². The van der Waals surface area contributed by atoms with E-state index >= 15 is 0 Å². The first-order chi connectivity index (χ1) is 7.26. The second-order valence-electron chi connectivity index (χ2n) is 3.82. The standard InChI is InChI=1S/C12H22N2O/c1-3-5-6-7-9-14-12(15)11(10-13)8-4-2/h11H,3-9H2,1-2H3,(H,14,15). The molecule has 0 aliphatic rings. The molecule has 0 aromatic carbocycles. The van der Waals surface area contributed by atoms with Crippen LogP contribution in [0.15, 0.2) is 0 Å². The average molecular weight is 210 g/mol. The zero-order valence-corrected chi connectivity index (χ0v) is 9.88. The van der Waals surface area contributed by atoms with Gasteiger partial charge in [-0.3, -0.25) is 4.79 Å². The van der Waals surface area contributed by atoms with E-state index in [1.807, 2.05) is 13.0 Å². The Morgan fingerprint density at radius 2 is 2.00 bits per heavy atom. The highest BCUT2D eigenvalue weighted by molar-refractivity contribution is 5.80. The SMILES string of the molecule is CCCCCCNC(=O)C(C#N)CCC. The topological polar surface area (TPSA) is 52.9 Å². The van der Waals surface area contributed by atoms with Crippen LogP contribution in [0.2, 0.25) is 0 Å². The maximum atomic E-state index is 11.5. The summed E-state index contributed by atoms with van der Waals surface area (Å²) in [5.41, 5.74) is 0. The van der Waals surface area contributed by atoms with Gasteiger partial charge >= 0.3 is 0 Å². The van der Waals surface area contributed by atoms with Crippen LogP contribution in [0.4, 0.5) is 0 Å². The summed E-state index contributed by atoms with van der Waals surface area (Å²) < 4.78 is 0. The molecule has 1 amide bonds. The van der Waals surface area contributed by atoms with Crippen LogP contribution in [0, 0.1) is 17.2 Å². The highest BCUT2D eigenvalue weighted by Gasteiger charge is 2.15. The molecule has 0 radical (unpaired) electrons. The number of nitriles is 1. The fourth-order valence-electron chi connectivity index (χ4n) is 1.43. The van der Waals surface area contributed by atoms with Crippen molar-refractivity contribution >= 4 is 5.91 Å². The smallest absolute Gasteiger partial charge is 0.237 e. The number of carbonyl (C=O) groups excluding carboxylic acids is 1. The number of nitrogens with zero attached hydrogens (tertiary/aromatic N) is 1. The summed E-state index contributed by atoms with van der Waals surface area (Å²) in [4.78, 5) is 11.5. The molecule has 1 unspecified atom stereocenters. The van der Waals surface area contributed by atoms with Crippen LogP contribution in [0.3, 0.4) is 0 Å². The number of amides is 1. The molecule has 0 aromatic rings. The van der Waals surface area contributed by atoms with Gasteiger partial charge in [0.2, 0.25) is 5.91 Å². The van der Waals surface area contributed by atoms with Gasteiger partial charge in [0.05, 0.1) is 6.07 Å². The fraction of sp³-hybridized carbons (Fsp3) is 0.833. The Hall–Kier alpha value is -1.04. The van der Waals surface area contributed by atoms with Gasteiger partial charge in [-0.1, -0.05) is 39.5 Å². The van der Waals surface area contributed by atoms with Crippen molar-refractivity contribution in [3.8, 4) is 6.07 Å². The highest BCUT2D eigenvalue weighted by atomic mass is 16.1. The lowest BCUT2D eigenvalue weighted by Gasteiger charge is -2.08. The van der Waals surface area contributed by atoms with Crippen molar-refractivity contribution in [2.75, 3.05) is 6.54 Å². The van der Waals surface area contributed by atoms with Crippen LogP contribution < -0.4 is 5.32 Å². The van der Waals surface area contributed by atoms with Crippen LogP contribution in [0.5, 0.6) is 0 Å². The third-order valence-electron chi connectivity index (χ3n) is 2.38. The third-order valence-corrected chi connectivity index (χ3v) is 2.38. The first-order valence-corrected chi connectivity index (χ1v) is 5.93. The normalized spacial score (nSPS) is 11.8. The van der Waals surface area contributed by atoms with E-state index in [4.69, 9.17) is 5.26 Å². The number of hydrogen-bond donors (Lipinski definition) is 1. The zero-order chi connectivity index (χ0) is 11.5. The predicted octanol–water partition coefficient (Wildman–Crippen LogP) is 2.62. The number of hydrogen-bond acceptors (Lipinski definition) is 2. The maximum Gasteiger partial charge on any atom is 0.237 e. The minimum absolute atomic E-state index is 0.101. The molecule has 3 heteroatoms. The molecular formula is C12H22N2O. The first-order valence-electron chi connectivity index (χ1n) is 5.93. The van der Waals surface area contributed by atoms with Crippen LogP contribution >= 0.6 is 0 Å². The summed E-state index contributed by atoms with van der Waals surface area (Å²) in [7, 11) is 0. The minimum atomic E-state index is -0.457. The van der Waals surface area contributed by atoms with E-state index in [-0.39, 0.29) is 5.91 Å². The Labute approximate surface area is 92.9 Å². The van der Waals surface area contributed by atoms with Crippen molar-refractivity contribution in [1.82, 2.24) is 5.32 Å². The molecule has 0 aromatic heterocycles.